The van der Waals surface area contributed by atoms with E-state index in [1.165, 1.54) is 7.11 Å². The van der Waals surface area contributed by atoms with Crippen molar-refractivity contribution in [1.29, 1.82) is 0 Å². The predicted octanol–water partition coefficient (Wildman–Crippen LogP) is 0.547. The molecule has 1 saturated heterocycles. The van der Waals surface area contributed by atoms with Gasteiger partial charge >= 0.3 is 5.97 Å². The van der Waals surface area contributed by atoms with E-state index < -0.39 is 0 Å². The highest BCUT2D eigenvalue weighted by molar-refractivity contribution is 5.73. The van der Waals surface area contributed by atoms with Gasteiger partial charge in [-0.1, -0.05) is 0 Å². The highest BCUT2D eigenvalue weighted by Crippen LogP contribution is 2.23. The van der Waals surface area contributed by atoms with E-state index in [1.54, 1.807) is 0 Å². The molecule has 0 bridgehead atoms. The molecule has 1 unspecified atom stereocenters. The standard InChI is InChI=1S/C8H15NO2/c1-8(2)4-6(5-9-8)7(10)11-3/h6,9H,4-5H2,1-3H3. The van der Waals surface area contributed by atoms with Crippen molar-refractivity contribution in [3.05, 3.63) is 0 Å². The number of carbonyl (C=O) groups excluding carboxylic acids is 1. The molecule has 64 valence electrons. The summed E-state index contributed by atoms with van der Waals surface area (Å²) < 4.78 is 4.65. The van der Waals surface area contributed by atoms with Crippen LogP contribution in [0.15, 0.2) is 0 Å². The van der Waals surface area contributed by atoms with Crippen molar-refractivity contribution in [3.63, 3.8) is 0 Å². The van der Waals surface area contributed by atoms with E-state index in [1.807, 2.05) is 0 Å². The molecule has 1 aliphatic rings. The van der Waals surface area contributed by atoms with Crippen molar-refractivity contribution in [2.24, 2.45) is 5.92 Å². The number of rotatable bonds is 1. The van der Waals surface area contributed by atoms with Gasteiger partial charge in [0, 0.05) is 12.1 Å². The molecule has 0 amide bonds. The van der Waals surface area contributed by atoms with Crippen molar-refractivity contribution in [3.8, 4) is 0 Å². The molecule has 1 atom stereocenters. The SMILES string of the molecule is COC(=O)C1CNC(C)(C)C1. The van der Waals surface area contributed by atoms with Crippen molar-refractivity contribution in [2.45, 2.75) is 25.8 Å². The van der Waals surface area contributed by atoms with E-state index in [4.69, 9.17) is 0 Å². The lowest BCUT2D eigenvalue weighted by Crippen LogP contribution is -2.31. The molecule has 0 spiro atoms. The number of hydrogen-bond donors (Lipinski definition) is 1. The summed E-state index contributed by atoms with van der Waals surface area (Å²) in [7, 11) is 1.44. The molecule has 3 heteroatoms. The molecule has 1 N–H and O–H groups in total. The highest BCUT2D eigenvalue weighted by atomic mass is 16.5. The Labute approximate surface area is 67.1 Å². The minimum atomic E-state index is -0.0944. The fourth-order valence-electron chi connectivity index (χ4n) is 1.49. The Balaban J connectivity index is 2.48. The number of nitrogens with one attached hydrogen (secondary N) is 1. The van der Waals surface area contributed by atoms with Crippen LogP contribution in [0.1, 0.15) is 20.3 Å². The Morgan fingerprint density at radius 2 is 2.27 bits per heavy atom. The van der Waals surface area contributed by atoms with Crippen LogP contribution in [-0.4, -0.2) is 25.2 Å². The van der Waals surface area contributed by atoms with Crippen LogP contribution in [-0.2, 0) is 9.53 Å². The topological polar surface area (TPSA) is 38.3 Å². The fourth-order valence-corrected chi connectivity index (χ4v) is 1.49. The molecule has 0 radical (unpaired) electrons. The maximum atomic E-state index is 11.0. The van der Waals surface area contributed by atoms with Gasteiger partial charge in [0.25, 0.3) is 0 Å². The van der Waals surface area contributed by atoms with Gasteiger partial charge < -0.3 is 10.1 Å². The Kier molecular flexibility index (Phi) is 2.18. The maximum Gasteiger partial charge on any atom is 0.310 e. The first-order chi connectivity index (χ1) is 5.05. The minimum Gasteiger partial charge on any atom is -0.469 e. The number of esters is 1. The third-order valence-electron chi connectivity index (χ3n) is 2.12. The van der Waals surface area contributed by atoms with Gasteiger partial charge in [0.15, 0.2) is 0 Å². The average Bonchev–Trinajstić information content (AvgIpc) is 2.29. The largest absolute Gasteiger partial charge is 0.469 e. The summed E-state index contributed by atoms with van der Waals surface area (Å²) >= 11 is 0. The molecule has 0 saturated carbocycles. The third kappa shape index (κ3) is 1.93. The van der Waals surface area contributed by atoms with E-state index in [0.29, 0.717) is 0 Å². The summed E-state index contributed by atoms with van der Waals surface area (Å²) in [5.41, 5.74) is 0.0961. The second-order valence-corrected chi connectivity index (χ2v) is 3.69. The fraction of sp³-hybridized carbons (Fsp3) is 0.875. The zero-order chi connectivity index (χ0) is 8.48. The zero-order valence-electron chi connectivity index (χ0n) is 7.31. The smallest absolute Gasteiger partial charge is 0.310 e. The first-order valence-electron chi connectivity index (χ1n) is 3.88. The lowest BCUT2D eigenvalue weighted by Gasteiger charge is -2.16. The second-order valence-electron chi connectivity index (χ2n) is 3.69. The molecule has 0 aromatic heterocycles. The molecule has 0 aliphatic carbocycles. The molecular weight excluding hydrogens is 142 g/mol. The summed E-state index contributed by atoms with van der Waals surface area (Å²) in [6.07, 6.45) is 0.875. The van der Waals surface area contributed by atoms with Crippen LogP contribution < -0.4 is 5.32 Å². The van der Waals surface area contributed by atoms with Crippen molar-refractivity contribution >= 4 is 5.97 Å². The van der Waals surface area contributed by atoms with E-state index in [-0.39, 0.29) is 17.4 Å². The monoisotopic (exact) mass is 157 g/mol. The van der Waals surface area contributed by atoms with E-state index in [9.17, 15) is 4.79 Å². The molecule has 1 fully saturated rings. The Morgan fingerprint density at radius 3 is 2.64 bits per heavy atom. The third-order valence-corrected chi connectivity index (χ3v) is 2.12. The average molecular weight is 157 g/mol. The molecule has 1 aliphatic heterocycles. The van der Waals surface area contributed by atoms with Gasteiger partial charge in [-0.15, -0.1) is 0 Å². The van der Waals surface area contributed by atoms with Crippen LogP contribution in [0.5, 0.6) is 0 Å². The molecule has 0 aromatic rings. The summed E-state index contributed by atoms with van der Waals surface area (Å²) in [5.74, 6) is -0.0434. The first-order valence-corrected chi connectivity index (χ1v) is 3.88. The van der Waals surface area contributed by atoms with Crippen LogP contribution >= 0.6 is 0 Å². The second kappa shape index (κ2) is 2.81. The van der Waals surface area contributed by atoms with E-state index >= 15 is 0 Å². The van der Waals surface area contributed by atoms with E-state index in [2.05, 4.69) is 23.9 Å². The Bertz CT molecular complexity index is 165. The van der Waals surface area contributed by atoms with Crippen LogP contribution in [0.4, 0.5) is 0 Å². The Morgan fingerprint density at radius 1 is 1.64 bits per heavy atom. The lowest BCUT2D eigenvalue weighted by molar-refractivity contribution is -0.144. The van der Waals surface area contributed by atoms with E-state index in [0.717, 1.165) is 13.0 Å². The number of ether oxygens (including phenoxy) is 1. The minimum absolute atomic E-state index is 0.0509. The summed E-state index contributed by atoms with van der Waals surface area (Å²) in [6.45, 7) is 4.94. The predicted molar refractivity (Wildman–Crippen MR) is 42.2 cm³/mol. The van der Waals surface area contributed by atoms with Gasteiger partial charge in [0.1, 0.15) is 0 Å². The quantitative estimate of drug-likeness (QED) is 0.565. The molecule has 3 nitrogen and oxygen atoms in total. The van der Waals surface area contributed by atoms with Crippen LogP contribution in [0.2, 0.25) is 0 Å². The van der Waals surface area contributed by atoms with Crippen LogP contribution in [0.25, 0.3) is 0 Å². The van der Waals surface area contributed by atoms with Gasteiger partial charge in [-0.3, -0.25) is 4.79 Å². The molecule has 11 heavy (non-hydrogen) atoms. The van der Waals surface area contributed by atoms with Crippen LogP contribution in [0, 0.1) is 5.92 Å². The van der Waals surface area contributed by atoms with Gasteiger partial charge in [0.05, 0.1) is 13.0 Å². The number of carbonyl (C=O) groups is 1. The highest BCUT2D eigenvalue weighted by Gasteiger charge is 2.34. The van der Waals surface area contributed by atoms with Crippen LogP contribution in [0.3, 0.4) is 0 Å². The number of methoxy groups -OCH3 is 1. The molecule has 1 rings (SSSR count). The van der Waals surface area contributed by atoms with Gasteiger partial charge in [-0.05, 0) is 20.3 Å². The van der Waals surface area contributed by atoms with Gasteiger partial charge in [0.2, 0.25) is 0 Å². The van der Waals surface area contributed by atoms with Crippen molar-refractivity contribution in [2.75, 3.05) is 13.7 Å². The molecule has 1 heterocycles. The maximum absolute atomic E-state index is 11.0. The lowest BCUT2D eigenvalue weighted by atomic mass is 9.97. The summed E-state index contributed by atoms with van der Waals surface area (Å²) in [6, 6.07) is 0. The van der Waals surface area contributed by atoms with Crippen molar-refractivity contribution < 1.29 is 9.53 Å². The van der Waals surface area contributed by atoms with Gasteiger partial charge in [-0.2, -0.15) is 0 Å². The first kappa shape index (κ1) is 8.53. The normalized spacial score (nSPS) is 28.5. The zero-order valence-corrected chi connectivity index (χ0v) is 7.31. The molecular formula is C8H15NO2. The van der Waals surface area contributed by atoms with Gasteiger partial charge in [-0.25, -0.2) is 0 Å². The van der Waals surface area contributed by atoms with Crippen molar-refractivity contribution in [1.82, 2.24) is 5.32 Å². The summed E-state index contributed by atoms with van der Waals surface area (Å²) in [5, 5.41) is 3.26. The Hall–Kier alpha value is -0.570. The molecule has 0 aromatic carbocycles. The number of hydrogen-bond acceptors (Lipinski definition) is 3. The summed E-state index contributed by atoms with van der Waals surface area (Å²) in [4.78, 5) is 11.0.